The van der Waals surface area contributed by atoms with E-state index in [2.05, 4.69) is 10.2 Å². The molecule has 26 heavy (non-hydrogen) atoms. The minimum absolute atomic E-state index is 0.103. The summed E-state index contributed by atoms with van der Waals surface area (Å²) in [6.45, 7) is 1.70. The Morgan fingerprint density at radius 2 is 2.12 bits per heavy atom. The van der Waals surface area contributed by atoms with Crippen LogP contribution in [0.1, 0.15) is 5.56 Å². The summed E-state index contributed by atoms with van der Waals surface area (Å²) in [6.07, 6.45) is 0.245. The summed E-state index contributed by atoms with van der Waals surface area (Å²) in [5.41, 5.74) is 0.568. The largest absolute Gasteiger partial charge is 0.383 e. The van der Waals surface area contributed by atoms with Gasteiger partial charge < -0.3 is 14.4 Å². The zero-order chi connectivity index (χ0) is 18.3. The number of morpholine rings is 1. The average molecular weight is 359 g/mol. The smallest absolute Gasteiger partial charge is 0.330 e. The number of nitrogens with zero attached hydrogens (tertiary/aromatic N) is 2. The van der Waals surface area contributed by atoms with Gasteiger partial charge in [-0.3, -0.25) is 19.8 Å². The Morgan fingerprint density at radius 1 is 1.31 bits per heavy atom. The maximum Gasteiger partial charge on any atom is 0.330 e. The lowest BCUT2D eigenvalue weighted by molar-refractivity contribution is -0.156. The fraction of sp³-hybridized carbons (Fsp3) is 0.500. The third kappa shape index (κ3) is 2.33. The number of carbonyl (C=O) groups excluding carboxylic acids is 3. The molecule has 0 saturated carbocycles. The van der Waals surface area contributed by atoms with E-state index in [4.69, 9.17) is 9.47 Å². The molecular formula is C18H21N3O5. The number of urea groups is 1. The fourth-order valence-electron chi connectivity index (χ4n) is 4.20. The molecule has 4 amide bonds. The number of hydrogen-bond acceptors (Lipinski definition) is 6. The summed E-state index contributed by atoms with van der Waals surface area (Å²) in [4.78, 5) is 41.8. The molecule has 0 radical (unpaired) electrons. The van der Waals surface area contributed by atoms with Crippen LogP contribution in [-0.4, -0.2) is 68.8 Å². The predicted molar refractivity (Wildman–Crippen MR) is 91.7 cm³/mol. The van der Waals surface area contributed by atoms with Crippen LogP contribution in [0.3, 0.4) is 0 Å². The van der Waals surface area contributed by atoms with Crippen molar-refractivity contribution < 1.29 is 23.9 Å². The van der Waals surface area contributed by atoms with E-state index in [1.807, 2.05) is 24.3 Å². The molecule has 2 saturated heterocycles. The van der Waals surface area contributed by atoms with Gasteiger partial charge in [0.05, 0.1) is 32.4 Å². The molecule has 0 unspecified atom stereocenters. The third-order valence-electron chi connectivity index (χ3n) is 5.48. The summed E-state index contributed by atoms with van der Waals surface area (Å²) >= 11 is 0. The quantitative estimate of drug-likeness (QED) is 0.774. The highest BCUT2D eigenvalue weighted by molar-refractivity contribution is 6.20. The number of benzene rings is 1. The normalized spacial score (nSPS) is 28.0. The van der Waals surface area contributed by atoms with Crippen molar-refractivity contribution in [3.05, 3.63) is 29.8 Å². The first kappa shape index (κ1) is 17.0. The Bertz CT molecular complexity index is 767. The van der Waals surface area contributed by atoms with E-state index in [1.165, 1.54) is 7.11 Å². The molecule has 0 bridgehead atoms. The highest BCUT2D eigenvalue weighted by atomic mass is 16.5. The molecule has 2 fully saturated rings. The molecule has 1 aromatic carbocycles. The number of hydrogen-bond donors (Lipinski definition) is 1. The molecule has 3 aliphatic rings. The number of para-hydroxylation sites is 1. The Morgan fingerprint density at radius 3 is 2.92 bits per heavy atom. The summed E-state index contributed by atoms with van der Waals surface area (Å²) in [5, 5.41) is 2.38. The topological polar surface area (TPSA) is 88.2 Å². The summed E-state index contributed by atoms with van der Waals surface area (Å²) in [6, 6.07) is 6.63. The van der Waals surface area contributed by atoms with Crippen LogP contribution in [-0.2, 0) is 25.5 Å². The predicted octanol–water partition coefficient (Wildman–Crippen LogP) is 0.159. The van der Waals surface area contributed by atoms with E-state index in [-0.39, 0.29) is 26.2 Å². The minimum atomic E-state index is -1.38. The van der Waals surface area contributed by atoms with Gasteiger partial charge in [0.2, 0.25) is 11.8 Å². The van der Waals surface area contributed by atoms with Gasteiger partial charge in [0.25, 0.3) is 0 Å². The van der Waals surface area contributed by atoms with Crippen LogP contribution >= 0.6 is 0 Å². The van der Waals surface area contributed by atoms with E-state index < -0.39 is 29.3 Å². The Hall–Kier alpha value is -2.45. The van der Waals surface area contributed by atoms with Crippen molar-refractivity contribution in [2.75, 3.05) is 44.9 Å². The maximum absolute atomic E-state index is 13.4. The van der Waals surface area contributed by atoms with Crippen molar-refractivity contribution in [3.63, 3.8) is 0 Å². The number of imide groups is 2. The number of barbiturate groups is 1. The second-order valence-corrected chi connectivity index (χ2v) is 6.77. The molecule has 2 atom stereocenters. The second-order valence-electron chi connectivity index (χ2n) is 6.77. The van der Waals surface area contributed by atoms with Crippen LogP contribution in [0.15, 0.2) is 24.3 Å². The van der Waals surface area contributed by atoms with Crippen LogP contribution in [0.5, 0.6) is 0 Å². The molecular weight excluding hydrogens is 338 g/mol. The highest BCUT2D eigenvalue weighted by Crippen LogP contribution is 2.45. The van der Waals surface area contributed by atoms with Gasteiger partial charge in [-0.25, -0.2) is 4.79 Å². The van der Waals surface area contributed by atoms with Crippen molar-refractivity contribution in [3.8, 4) is 0 Å². The molecule has 4 rings (SSSR count). The first-order valence-corrected chi connectivity index (χ1v) is 8.68. The zero-order valence-electron chi connectivity index (χ0n) is 14.6. The van der Waals surface area contributed by atoms with Crippen LogP contribution in [0.4, 0.5) is 10.5 Å². The number of nitrogens with one attached hydrogen (secondary N) is 1. The molecule has 1 spiro atoms. The monoisotopic (exact) mass is 359 g/mol. The SMILES string of the molecule is COCCN1C(=O)NC(=O)[C@]2(Cc3ccccc3N3CCOC[C@H]32)C1=O. The van der Waals surface area contributed by atoms with Gasteiger partial charge in [0, 0.05) is 19.3 Å². The summed E-state index contributed by atoms with van der Waals surface area (Å²) in [5.74, 6) is -1.02. The van der Waals surface area contributed by atoms with Crippen LogP contribution < -0.4 is 10.2 Å². The van der Waals surface area contributed by atoms with Crippen LogP contribution in [0.2, 0.25) is 0 Å². The molecule has 0 aromatic heterocycles. The van der Waals surface area contributed by atoms with Gasteiger partial charge in [-0.1, -0.05) is 18.2 Å². The van der Waals surface area contributed by atoms with Gasteiger partial charge in [0.1, 0.15) is 0 Å². The second kappa shape index (κ2) is 6.37. The van der Waals surface area contributed by atoms with E-state index in [1.54, 1.807) is 0 Å². The lowest BCUT2D eigenvalue weighted by Gasteiger charge is -2.53. The zero-order valence-corrected chi connectivity index (χ0v) is 14.6. The van der Waals surface area contributed by atoms with Crippen LogP contribution in [0, 0.1) is 5.41 Å². The van der Waals surface area contributed by atoms with Crippen molar-refractivity contribution in [2.45, 2.75) is 12.5 Å². The number of rotatable bonds is 3. The first-order chi connectivity index (χ1) is 12.6. The van der Waals surface area contributed by atoms with E-state index >= 15 is 0 Å². The molecule has 3 aliphatic heterocycles. The van der Waals surface area contributed by atoms with Crippen molar-refractivity contribution in [2.24, 2.45) is 5.41 Å². The Labute approximate surface area is 151 Å². The Balaban J connectivity index is 1.81. The van der Waals surface area contributed by atoms with Crippen molar-refractivity contribution in [1.29, 1.82) is 0 Å². The maximum atomic E-state index is 13.4. The van der Waals surface area contributed by atoms with Gasteiger partial charge in [-0.2, -0.15) is 0 Å². The molecule has 3 heterocycles. The third-order valence-corrected chi connectivity index (χ3v) is 5.48. The molecule has 138 valence electrons. The summed E-state index contributed by atoms with van der Waals surface area (Å²) in [7, 11) is 1.50. The van der Waals surface area contributed by atoms with Gasteiger partial charge in [-0.15, -0.1) is 0 Å². The number of methoxy groups -OCH3 is 1. The number of fused-ring (bicyclic) bond motifs is 4. The molecule has 0 aliphatic carbocycles. The van der Waals surface area contributed by atoms with Crippen LogP contribution in [0.25, 0.3) is 0 Å². The van der Waals surface area contributed by atoms with E-state index in [0.717, 1.165) is 16.2 Å². The highest BCUT2D eigenvalue weighted by Gasteiger charge is 2.62. The van der Waals surface area contributed by atoms with Gasteiger partial charge >= 0.3 is 6.03 Å². The Kier molecular flexibility index (Phi) is 4.16. The number of amides is 4. The first-order valence-electron chi connectivity index (χ1n) is 8.68. The molecule has 8 nitrogen and oxygen atoms in total. The fourth-order valence-corrected chi connectivity index (χ4v) is 4.20. The number of ether oxygens (including phenoxy) is 2. The van der Waals surface area contributed by atoms with Gasteiger partial charge in [0.15, 0.2) is 5.41 Å². The van der Waals surface area contributed by atoms with Gasteiger partial charge in [-0.05, 0) is 18.1 Å². The van der Waals surface area contributed by atoms with Crippen molar-refractivity contribution >= 4 is 23.5 Å². The summed E-state index contributed by atoms with van der Waals surface area (Å²) < 4.78 is 10.6. The number of carbonyl (C=O) groups is 3. The average Bonchev–Trinajstić information content (AvgIpc) is 2.66. The lowest BCUT2D eigenvalue weighted by Crippen LogP contribution is -2.74. The van der Waals surface area contributed by atoms with E-state index in [0.29, 0.717) is 13.2 Å². The number of anilines is 1. The molecule has 1 N–H and O–H groups in total. The molecule has 1 aromatic rings. The molecule has 8 heteroatoms. The van der Waals surface area contributed by atoms with Crippen molar-refractivity contribution in [1.82, 2.24) is 10.2 Å². The lowest BCUT2D eigenvalue weighted by atomic mass is 9.68. The standard InChI is InChI=1S/C18H21N3O5/c1-25-8-6-21-16(23)18(15(22)19-17(21)24)10-12-4-2-3-5-13(12)20-7-9-26-11-14(18)20/h2-5,14H,6-11H2,1H3,(H,19,22,24)/t14-,18+/m0/s1. The van der Waals surface area contributed by atoms with E-state index in [9.17, 15) is 14.4 Å². The minimum Gasteiger partial charge on any atom is -0.383 e.